The van der Waals surface area contributed by atoms with Crippen molar-refractivity contribution in [1.29, 1.82) is 0 Å². The molecule has 2 aromatic rings. The lowest BCUT2D eigenvalue weighted by Gasteiger charge is -2.48. The van der Waals surface area contributed by atoms with Gasteiger partial charge in [0.1, 0.15) is 17.3 Å². The first-order valence-corrected chi connectivity index (χ1v) is 9.86. The van der Waals surface area contributed by atoms with Crippen molar-refractivity contribution in [2.75, 3.05) is 20.3 Å². The summed E-state index contributed by atoms with van der Waals surface area (Å²) in [5.41, 5.74) is 1.91. The van der Waals surface area contributed by atoms with Crippen LogP contribution in [-0.4, -0.2) is 43.1 Å². The summed E-state index contributed by atoms with van der Waals surface area (Å²) in [7, 11) is 1.55. The van der Waals surface area contributed by atoms with Crippen molar-refractivity contribution < 1.29 is 18.7 Å². The maximum atomic E-state index is 13.6. The Hall–Kier alpha value is -2.24. The van der Waals surface area contributed by atoms with Crippen LogP contribution in [0.2, 0.25) is 0 Å². The zero-order valence-electron chi connectivity index (χ0n) is 16.1. The number of piperidine rings is 1. The highest BCUT2D eigenvalue weighted by Gasteiger charge is 2.41. The van der Waals surface area contributed by atoms with E-state index in [0.717, 1.165) is 19.4 Å². The lowest BCUT2D eigenvalue weighted by Crippen LogP contribution is -2.57. The molecule has 2 atom stereocenters. The molecule has 2 saturated heterocycles. The third kappa shape index (κ3) is 4.10. The van der Waals surface area contributed by atoms with Gasteiger partial charge in [0.15, 0.2) is 0 Å². The normalized spacial score (nSPS) is 24.7. The summed E-state index contributed by atoms with van der Waals surface area (Å²) in [6.45, 7) is 2.21. The first kappa shape index (κ1) is 19.1. The van der Waals surface area contributed by atoms with E-state index in [-0.39, 0.29) is 36.0 Å². The average molecular weight is 383 g/mol. The van der Waals surface area contributed by atoms with E-state index in [1.54, 1.807) is 13.2 Å². The van der Waals surface area contributed by atoms with Crippen LogP contribution in [0.4, 0.5) is 4.39 Å². The molecule has 0 aliphatic carbocycles. The van der Waals surface area contributed by atoms with Gasteiger partial charge in [-0.1, -0.05) is 30.3 Å². The third-order valence-electron chi connectivity index (χ3n) is 5.94. The van der Waals surface area contributed by atoms with E-state index in [1.165, 1.54) is 17.7 Å². The number of Topliss-reactive ketones (excluding diaryl/α,β-unsaturated/α-hetero) is 1. The van der Waals surface area contributed by atoms with Crippen molar-refractivity contribution in [3.63, 3.8) is 0 Å². The van der Waals surface area contributed by atoms with Crippen LogP contribution in [0.3, 0.4) is 0 Å². The number of methoxy groups -OCH3 is 1. The highest BCUT2D eigenvalue weighted by atomic mass is 19.1. The molecule has 2 fully saturated rings. The van der Waals surface area contributed by atoms with E-state index in [2.05, 4.69) is 29.2 Å². The first-order chi connectivity index (χ1) is 13.6. The molecular formula is C23H26FNO3. The van der Waals surface area contributed by atoms with Crippen molar-refractivity contribution in [2.45, 2.75) is 37.9 Å². The molecule has 4 rings (SSSR count). The zero-order valence-corrected chi connectivity index (χ0v) is 16.1. The summed E-state index contributed by atoms with van der Waals surface area (Å²) >= 11 is 0. The molecule has 0 N–H and O–H groups in total. The summed E-state index contributed by atoms with van der Waals surface area (Å²) in [6.07, 6.45) is 1.80. The minimum absolute atomic E-state index is 0.0149. The van der Waals surface area contributed by atoms with Gasteiger partial charge in [-0.2, -0.15) is 0 Å². The van der Waals surface area contributed by atoms with Gasteiger partial charge in [0.2, 0.25) is 0 Å². The molecule has 28 heavy (non-hydrogen) atoms. The van der Waals surface area contributed by atoms with Gasteiger partial charge in [0, 0.05) is 36.5 Å². The van der Waals surface area contributed by atoms with Crippen LogP contribution in [0, 0.1) is 11.7 Å². The fourth-order valence-electron chi connectivity index (χ4n) is 4.52. The number of ketones is 1. The van der Waals surface area contributed by atoms with E-state index >= 15 is 0 Å². The average Bonchev–Trinajstić information content (AvgIpc) is 2.68. The zero-order chi connectivity index (χ0) is 19.5. The summed E-state index contributed by atoms with van der Waals surface area (Å²) in [5, 5.41) is 0. The minimum atomic E-state index is -0.341. The van der Waals surface area contributed by atoms with E-state index in [0.29, 0.717) is 24.5 Å². The van der Waals surface area contributed by atoms with Crippen molar-refractivity contribution in [2.24, 2.45) is 5.92 Å². The molecule has 4 nitrogen and oxygen atoms in total. The Morgan fingerprint density at radius 3 is 2.54 bits per heavy atom. The Morgan fingerprint density at radius 1 is 1.14 bits per heavy atom. The molecule has 148 valence electrons. The molecule has 2 unspecified atom stereocenters. The van der Waals surface area contributed by atoms with E-state index in [4.69, 9.17) is 9.47 Å². The van der Waals surface area contributed by atoms with Crippen LogP contribution in [0.25, 0.3) is 0 Å². The molecule has 2 aromatic carbocycles. The minimum Gasteiger partial charge on any atom is -0.496 e. The summed E-state index contributed by atoms with van der Waals surface area (Å²) in [5.74, 6) is 0.380. The number of benzene rings is 2. The van der Waals surface area contributed by atoms with Gasteiger partial charge in [-0.15, -0.1) is 0 Å². The second-order valence-corrected chi connectivity index (χ2v) is 7.77. The first-order valence-electron chi connectivity index (χ1n) is 9.86. The number of carbonyl (C=O) groups is 1. The summed E-state index contributed by atoms with van der Waals surface area (Å²) < 4.78 is 24.7. The Kier molecular flexibility index (Phi) is 5.74. The number of nitrogens with zero attached hydrogens (tertiary/aromatic N) is 1. The number of halogens is 1. The molecule has 0 radical (unpaired) electrons. The van der Waals surface area contributed by atoms with Crippen molar-refractivity contribution in [1.82, 2.24) is 4.90 Å². The SMILES string of the molecule is COc1ccc(F)cc1CC(=O)C1CC2COCC(C1)N2Cc1ccccc1. The fraction of sp³-hybridized carbons (Fsp3) is 0.435. The van der Waals surface area contributed by atoms with Gasteiger partial charge in [-0.25, -0.2) is 4.39 Å². The van der Waals surface area contributed by atoms with E-state index < -0.39 is 0 Å². The van der Waals surface area contributed by atoms with Crippen LogP contribution >= 0.6 is 0 Å². The van der Waals surface area contributed by atoms with Gasteiger partial charge >= 0.3 is 0 Å². The van der Waals surface area contributed by atoms with Crippen LogP contribution in [0.1, 0.15) is 24.0 Å². The predicted octanol–water partition coefficient (Wildman–Crippen LogP) is 3.63. The Labute approximate surface area is 165 Å². The molecule has 2 aliphatic heterocycles. The quantitative estimate of drug-likeness (QED) is 0.764. The Balaban J connectivity index is 1.45. The van der Waals surface area contributed by atoms with Crippen molar-refractivity contribution in [3.05, 3.63) is 65.5 Å². The lowest BCUT2D eigenvalue weighted by molar-refractivity contribution is -0.133. The Morgan fingerprint density at radius 2 is 1.86 bits per heavy atom. The maximum Gasteiger partial charge on any atom is 0.140 e. The molecule has 5 heteroatoms. The van der Waals surface area contributed by atoms with Crippen LogP contribution in [-0.2, 0) is 22.5 Å². The smallest absolute Gasteiger partial charge is 0.140 e. The van der Waals surface area contributed by atoms with Gasteiger partial charge in [-0.05, 0) is 36.6 Å². The van der Waals surface area contributed by atoms with Crippen LogP contribution < -0.4 is 4.74 Å². The highest BCUT2D eigenvalue weighted by molar-refractivity contribution is 5.84. The largest absolute Gasteiger partial charge is 0.496 e. The topological polar surface area (TPSA) is 38.8 Å². The molecule has 2 heterocycles. The summed E-state index contributed by atoms with van der Waals surface area (Å²) in [6, 6.07) is 15.3. The van der Waals surface area contributed by atoms with Crippen molar-refractivity contribution in [3.8, 4) is 5.75 Å². The lowest BCUT2D eigenvalue weighted by atomic mass is 9.80. The number of rotatable bonds is 6. The molecule has 0 aromatic heterocycles. The van der Waals surface area contributed by atoms with Gasteiger partial charge < -0.3 is 9.47 Å². The van der Waals surface area contributed by atoms with Gasteiger partial charge in [-0.3, -0.25) is 9.69 Å². The Bertz CT molecular complexity index is 812. The van der Waals surface area contributed by atoms with Gasteiger partial charge in [0.25, 0.3) is 0 Å². The number of morpholine rings is 1. The summed E-state index contributed by atoms with van der Waals surface area (Å²) in [4.78, 5) is 15.5. The number of ether oxygens (including phenoxy) is 2. The fourth-order valence-corrected chi connectivity index (χ4v) is 4.52. The molecule has 2 aliphatic rings. The van der Waals surface area contributed by atoms with E-state index in [9.17, 15) is 9.18 Å². The molecular weight excluding hydrogens is 357 g/mol. The molecule has 0 amide bonds. The van der Waals surface area contributed by atoms with Crippen molar-refractivity contribution >= 4 is 5.78 Å². The molecule has 2 bridgehead atoms. The number of carbonyl (C=O) groups excluding carboxylic acids is 1. The third-order valence-corrected chi connectivity index (χ3v) is 5.94. The standard InChI is InChI=1S/C23H26FNO3/c1-27-23-8-7-19(24)9-18(23)12-22(26)17-10-20-14-28-15-21(11-17)25(20)13-16-5-3-2-4-6-16/h2-9,17,20-21H,10-15H2,1H3. The number of hydrogen-bond donors (Lipinski definition) is 0. The molecule has 0 spiro atoms. The monoisotopic (exact) mass is 383 g/mol. The van der Waals surface area contributed by atoms with Crippen LogP contribution in [0.15, 0.2) is 48.5 Å². The maximum absolute atomic E-state index is 13.6. The predicted molar refractivity (Wildman–Crippen MR) is 105 cm³/mol. The van der Waals surface area contributed by atoms with Gasteiger partial charge in [0.05, 0.1) is 20.3 Å². The molecule has 0 saturated carbocycles. The second-order valence-electron chi connectivity index (χ2n) is 7.77. The van der Waals surface area contributed by atoms with E-state index in [1.807, 2.05) is 6.07 Å². The second kappa shape index (κ2) is 8.41. The van der Waals surface area contributed by atoms with Crippen LogP contribution in [0.5, 0.6) is 5.75 Å². The highest BCUT2D eigenvalue weighted by Crippen LogP contribution is 2.34. The number of hydrogen-bond acceptors (Lipinski definition) is 4. The number of fused-ring (bicyclic) bond motifs is 2.